The van der Waals surface area contributed by atoms with Crippen LogP contribution < -0.4 is 21.7 Å². The Hall–Kier alpha value is -2.66. The Kier molecular flexibility index (Phi) is 12.9. The molecule has 0 aliphatic carbocycles. The summed E-state index contributed by atoms with van der Waals surface area (Å²) in [6.07, 6.45) is 1.88. The molecule has 1 aromatic rings. The molecule has 3 amide bonds. The summed E-state index contributed by atoms with van der Waals surface area (Å²) in [5.74, 6) is -0.568. The van der Waals surface area contributed by atoms with E-state index >= 15 is 0 Å². The summed E-state index contributed by atoms with van der Waals surface area (Å²) in [5.41, 5.74) is 7.09. The maximum atomic E-state index is 12.3. The van der Waals surface area contributed by atoms with Crippen molar-refractivity contribution in [2.45, 2.75) is 32.4 Å². The van der Waals surface area contributed by atoms with Crippen LogP contribution in [0.3, 0.4) is 0 Å². The number of imide groups is 1. The number of aldehydes is 1. The molecule has 0 fully saturated rings. The van der Waals surface area contributed by atoms with Crippen molar-refractivity contribution in [1.29, 1.82) is 0 Å². The van der Waals surface area contributed by atoms with E-state index in [1.54, 1.807) is 18.2 Å². The normalized spacial score (nSPS) is 11.7. The quantitative estimate of drug-likeness (QED) is 0.208. The van der Waals surface area contributed by atoms with Gasteiger partial charge >= 0.3 is 0 Å². The lowest BCUT2D eigenvalue weighted by Crippen LogP contribution is -2.33. The maximum absolute atomic E-state index is 12.3. The van der Waals surface area contributed by atoms with Crippen LogP contribution in [0.25, 0.3) is 0 Å². The van der Waals surface area contributed by atoms with Gasteiger partial charge in [0.25, 0.3) is 0 Å². The highest BCUT2D eigenvalue weighted by atomic mass is 16.5. The Labute approximate surface area is 182 Å². The van der Waals surface area contributed by atoms with Gasteiger partial charge in [0.1, 0.15) is 6.29 Å². The Bertz CT molecular complexity index is 728. The van der Waals surface area contributed by atoms with Crippen molar-refractivity contribution in [1.82, 2.24) is 15.5 Å². The summed E-state index contributed by atoms with van der Waals surface area (Å²) >= 11 is 0. The van der Waals surface area contributed by atoms with E-state index in [1.165, 1.54) is 0 Å². The second kappa shape index (κ2) is 15.2. The third-order valence-electron chi connectivity index (χ3n) is 4.75. The van der Waals surface area contributed by atoms with Gasteiger partial charge in [-0.2, -0.15) is 0 Å². The summed E-state index contributed by atoms with van der Waals surface area (Å²) in [5, 5.41) is 7.95. The smallest absolute Gasteiger partial charge is 0.238 e. The molecule has 0 spiro atoms. The number of carbonyl (C=O) groups is 4. The number of anilines is 1. The zero-order valence-electron chi connectivity index (χ0n) is 18.2. The predicted octanol–water partition coefficient (Wildman–Crippen LogP) is -0.124. The number of amides is 3. The zero-order valence-corrected chi connectivity index (χ0v) is 18.2. The van der Waals surface area contributed by atoms with Crippen LogP contribution in [0.4, 0.5) is 5.69 Å². The van der Waals surface area contributed by atoms with Crippen LogP contribution >= 0.6 is 0 Å². The fraction of sp³-hybridized carbons (Fsp3) is 0.524. The second-order valence-electron chi connectivity index (χ2n) is 7.11. The van der Waals surface area contributed by atoms with Gasteiger partial charge in [-0.3, -0.25) is 29.4 Å². The summed E-state index contributed by atoms with van der Waals surface area (Å²) in [4.78, 5) is 47.7. The van der Waals surface area contributed by atoms with Gasteiger partial charge in [-0.25, -0.2) is 0 Å². The average Bonchev–Trinajstić information content (AvgIpc) is 2.75. The number of ether oxygens (including phenoxy) is 1. The summed E-state index contributed by atoms with van der Waals surface area (Å²) < 4.78 is 5.24. The van der Waals surface area contributed by atoms with Gasteiger partial charge in [-0.15, -0.1) is 0 Å². The van der Waals surface area contributed by atoms with E-state index in [0.29, 0.717) is 62.5 Å². The number of nitrogens with two attached hydrogens (primary N) is 1. The molecule has 10 nitrogen and oxygen atoms in total. The lowest BCUT2D eigenvalue weighted by Gasteiger charge is -2.26. The summed E-state index contributed by atoms with van der Waals surface area (Å²) in [6, 6.07) is 5.17. The molecule has 10 heteroatoms. The SMILES string of the molecule is CC(CCC(=O)NC=O)N(C)Cc1c(C=O)cccc1NC(=O)CNCCOCCN. The van der Waals surface area contributed by atoms with Crippen molar-refractivity contribution in [2.75, 3.05) is 45.2 Å². The Morgan fingerprint density at radius 3 is 2.68 bits per heavy atom. The minimum Gasteiger partial charge on any atom is -0.379 e. The van der Waals surface area contributed by atoms with Crippen molar-refractivity contribution < 1.29 is 23.9 Å². The van der Waals surface area contributed by atoms with Gasteiger partial charge in [-0.1, -0.05) is 12.1 Å². The third kappa shape index (κ3) is 10.3. The monoisotopic (exact) mass is 435 g/mol. The third-order valence-corrected chi connectivity index (χ3v) is 4.75. The number of hydrogen-bond donors (Lipinski definition) is 4. The van der Waals surface area contributed by atoms with Gasteiger partial charge in [0.15, 0.2) is 0 Å². The van der Waals surface area contributed by atoms with Crippen molar-refractivity contribution >= 4 is 30.2 Å². The first-order valence-electron chi connectivity index (χ1n) is 10.2. The molecular weight excluding hydrogens is 402 g/mol. The molecule has 31 heavy (non-hydrogen) atoms. The molecule has 0 saturated heterocycles. The van der Waals surface area contributed by atoms with Crippen molar-refractivity contribution in [3.05, 3.63) is 29.3 Å². The number of hydrogen-bond acceptors (Lipinski definition) is 8. The summed E-state index contributed by atoms with van der Waals surface area (Å²) in [6.45, 7) is 4.37. The van der Waals surface area contributed by atoms with Crippen molar-refractivity contribution in [3.63, 3.8) is 0 Å². The van der Waals surface area contributed by atoms with Gasteiger partial charge in [0.05, 0.1) is 19.8 Å². The lowest BCUT2D eigenvalue weighted by molar-refractivity contribution is -0.125. The molecule has 0 aromatic heterocycles. The molecule has 1 unspecified atom stereocenters. The van der Waals surface area contributed by atoms with E-state index < -0.39 is 0 Å². The number of benzene rings is 1. The van der Waals surface area contributed by atoms with E-state index in [-0.39, 0.29) is 30.8 Å². The van der Waals surface area contributed by atoms with Crippen LogP contribution in [0.1, 0.15) is 35.7 Å². The fourth-order valence-electron chi connectivity index (χ4n) is 2.84. The minimum atomic E-state index is -0.336. The molecule has 0 heterocycles. The molecule has 0 aliphatic heterocycles. The van der Waals surface area contributed by atoms with Crippen LogP contribution in [-0.4, -0.2) is 75.3 Å². The highest BCUT2D eigenvalue weighted by Crippen LogP contribution is 2.22. The van der Waals surface area contributed by atoms with E-state index in [0.717, 1.165) is 6.29 Å². The number of nitrogens with one attached hydrogen (secondary N) is 3. The topological polar surface area (TPSA) is 143 Å². The van der Waals surface area contributed by atoms with Gasteiger partial charge in [0.2, 0.25) is 18.2 Å². The van der Waals surface area contributed by atoms with Crippen LogP contribution in [0.5, 0.6) is 0 Å². The lowest BCUT2D eigenvalue weighted by atomic mass is 10.0. The first kappa shape index (κ1) is 26.4. The Balaban J connectivity index is 2.69. The zero-order chi connectivity index (χ0) is 23.1. The van der Waals surface area contributed by atoms with Crippen molar-refractivity contribution in [2.24, 2.45) is 5.73 Å². The number of nitrogens with zero attached hydrogens (tertiary/aromatic N) is 1. The first-order valence-corrected chi connectivity index (χ1v) is 10.2. The molecule has 5 N–H and O–H groups in total. The standard InChI is InChI=1S/C21H33N5O5/c1-16(6-7-20(29)24-15-28)26(2)13-18-17(14-27)4-3-5-19(18)25-21(30)12-23-9-11-31-10-8-22/h3-5,14-16,23H,6-13,22H2,1-2H3,(H,25,30)(H,24,28,29). The van der Waals surface area contributed by atoms with Gasteiger partial charge in [-0.05, 0) is 26.5 Å². The van der Waals surface area contributed by atoms with Crippen LogP contribution in [0, 0.1) is 0 Å². The Morgan fingerprint density at radius 1 is 1.23 bits per heavy atom. The molecular formula is C21H33N5O5. The molecule has 0 bridgehead atoms. The van der Waals surface area contributed by atoms with Crippen molar-refractivity contribution in [3.8, 4) is 0 Å². The van der Waals surface area contributed by atoms with E-state index in [1.807, 2.05) is 18.9 Å². The highest BCUT2D eigenvalue weighted by molar-refractivity contribution is 5.94. The van der Waals surface area contributed by atoms with Gasteiger partial charge < -0.3 is 21.1 Å². The largest absolute Gasteiger partial charge is 0.379 e. The van der Waals surface area contributed by atoms with E-state index in [4.69, 9.17) is 10.5 Å². The van der Waals surface area contributed by atoms with E-state index in [9.17, 15) is 19.2 Å². The van der Waals surface area contributed by atoms with Gasteiger partial charge in [0, 0.05) is 48.9 Å². The molecule has 1 aromatic carbocycles. The maximum Gasteiger partial charge on any atom is 0.238 e. The summed E-state index contributed by atoms with van der Waals surface area (Å²) in [7, 11) is 1.87. The molecule has 0 saturated carbocycles. The van der Waals surface area contributed by atoms with Crippen LogP contribution in [-0.2, 0) is 25.7 Å². The second-order valence-corrected chi connectivity index (χ2v) is 7.11. The molecule has 0 aliphatic rings. The average molecular weight is 436 g/mol. The minimum absolute atomic E-state index is 0.0100. The number of carbonyl (C=O) groups excluding carboxylic acids is 4. The van der Waals surface area contributed by atoms with Crippen LogP contribution in [0.2, 0.25) is 0 Å². The fourth-order valence-corrected chi connectivity index (χ4v) is 2.84. The predicted molar refractivity (Wildman–Crippen MR) is 118 cm³/mol. The molecule has 1 rings (SSSR count). The van der Waals surface area contributed by atoms with E-state index in [2.05, 4.69) is 16.0 Å². The molecule has 172 valence electrons. The number of rotatable bonds is 16. The Morgan fingerprint density at radius 2 is 2.00 bits per heavy atom. The molecule has 1 atom stereocenters. The first-order chi connectivity index (χ1) is 14.9. The van der Waals surface area contributed by atoms with Crippen LogP contribution in [0.15, 0.2) is 18.2 Å². The highest BCUT2D eigenvalue weighted by Gasteiger charge is 2.17. The molecule has 0 radical (unpaired) electrons.